The lowest BCUT2D eigenvalue weighted by Crippen LogP contribution is -2.39. The number of para-hydroxylation sites is 1. The van der Waals surface area contributed by atoms with Crippen LogP contribution < -0.4 is 10.5 Å². The SMILES string of the molecule is COc1ccccc1C(=O)N(C)C(C)CN. The fourth-order valence-electron chi connectivity index (χ4n) is 1.37. The van der Waals surface area contributed by atoms with Gasteiger partial charge in [0.15, 0.2) is 0 Å². The van der Waals surface area contributed by atoms with Crippen LogP contribution in [0.3, 0.4) is 0 Å². The Labute approximate surface area is 96.0 Å². The van der Waals surface area contributed by atoms with Gasteiger partial charge in [-0.1, -0.05) is 12.1 Å². The molecule has 0 aliphatic rings. The van der Waals surface area contributed by atoms with E-state index in [4.69, 9.17) is 10.5 Å². The Kier molecular flexibility index (Phi) is 4.31. The number of ether oxygens (including phenoxy) is 1. The van der Waals surface area contributed by atoms with Gasteiger partial charge in [0.05, 0.1) is 12.7 Å². The van der Waals surface area contributed by atoms with Crippen molar-refractivity contribution in [2.45, 2.75) is 13.0 Å². The van der Waals surface area contributed by atoms with Gasteiger partial charge in [-0.05, 0) is 19.1 Å². The molecule has 0 bridgehead atoms. The van der Waals surface area contributed by atoms with Crippen molar-refractivity contribution in [3.63, 3.8) is 0 Å². The third kappa shape index (κ3) is 2.52. The fraction of sp³-hybridized carbons (Fsp3) is 0.417. The van der Waals surface area contributed by atoms with Crippen LogP contribution in [0.5, 0.6) is 5.75 Å². The van der Waals surface area contributed by atoms with Gasteiger partial charge in [0.2, 0.25) is 0 Å². The van der Waals surface area contributed by atoms with Crippen molar-refractivity contribution in [2.75, 3.05) is 20.7 Å². The second-order valence-electron chi connectivity index (χ2n) is 3.70. The van der Waals surface area contributed by atoms with Crippen LogP contribution in [0.2, 0.25) is 0 Å². The Morgan fingerprint density at radius 3 is 2.69 bits per heavy atom. The summed E-state index contributed by atoms with van der Waals surface area (Å²) in [5.74, 6) is 0.513. The maximum absolute atomic E-state index is 12.1. The summed E-state index contributed by atoms with van der Waals surface area (Å²) in [6.07, 6.45) is 0. The molecule has 2 N–H and O–H groups in total. The first-order valence-electron chi connectivity index (χ1n) is 5.22. The van der Waals surface area contributed by atoms with Crippen molar-refractivity contribution >= 4 is 5.91 Å². The largest absolute Gasteiger partial charge is 0.496 e. The lowest BCUT2D eigenvalue weighted by molar-refractivity contribution is 0.0745. The molecule has 16 heavy (non-hydrogen) atoms. The molecule has 0 radical (unpaired) electrons. The van der Waals surface area contributed by atoms with Crippen LogP contribution in [-0.2, 0) is 0 Å². The van der Waals surface area contributed by atoms with Crippen LogP contribution in [-0.4, -0.2) is 37.6 Å². The maximum Gasteiger partial charge on any atom is 0.257 e. The second-order valence-corrected chi connectivity index (χ2v) is 3.70. The summed E-state index contributed by atoms with van der Waals surface area (Å²) >= 11 is 0. The van der Waals surface area contributed by atoms with Gasteiger partial charge in [-0.25, -0.2) is 0 Å². The number of nitrogens with two attached hydrogens (primary N) is 1. The molecule has 1 aromatic carbocycles. The number of likely N-dealkylation sites (N-methyl/N-ethyl adjacent to an activating group) is 1. The predicted molar refractivity (Wildman–Crippen MR) is 63.6 cm³/mol. The van der Waals surface area contributed by atoms with E-state index in [-0.39, 0.29) is 11.9 Å². The van der Waals surface area contributed by atoms with Crippen LogP contribution in [0.1, 0.15) is 17.3 Å². The molecule has 4 heteroatoms. The third-order valence-electron chi connectivity index (χ3n) is 2.66. The quantitative estimate of drug-likeness (QED) is 0.830. The lowest BCUT2D eigenvalue weighted by Gasteiger charge is -2.24. The van der Waals surface area contributed by atoms with Crippen molar-refractivity contribution in [3.8, 4) is 5.75 Å². The molecule has 0 aromatic heterocycles. The number of nitrogens with zero attached hydrogens (tertiary/aromatic N) is 1. The maximum atomic E-state index is 12.1. The highest BCUT2D eigenvalue weighted by molar-refractivity contribution is 5.96. The first-order valence-corrected chi connectivity index (χ1v) is 5.22. The zero-order chi connectivity index (χ0) is 12.1. The van der Waals surface area contributed by atoms with Crippen molar-refractivity contribution in [3.05, 3.63) is 29.8 Å². The second kappa shape index (κ2) is 5.51. The molecule has 4 nitrogen and oxygen atoms in total. The molecule has 0 aliphatic heterocycles. The van der Waals surface area contributed by atoms with E-state index in [2.05, 4.69) is 0 Å². The predicted octanol–water partition coefficient (Wildman–Crippen LogP) is 1.11. The van der Waals surface area contributed by atoms with Crippen LogP contribution in [0.25, 0.3) is 0 Å². The Morgan fingerprint density at radius 1 is 1.50 bits per heavy atom. The molecular formula is C12H18N2O2. The van der Waals surface area contributed by atoms with Crippen LogP contribution in [0.4, 0.5) is 0 Å². The highest BCUT2D eigenvalue weighted by atomic mass is 16.5. The highest BCUT2D eigenvalue weighted by Crippen LogP contribution is 2.19. The van der Waals surface area contributed by atoms with Crippen molar-refractivity contribution < 1.29 is 9.53 Å². The molecule has 1 unspecified atom stereocenters. The van der Waals surface area contributed by atoms with E-state index in [9.17, 15) is 4.79 Å². The first kappa shape index (κ1) is 12.5. The number of hydrogen-bond acceptors (Lipinski definition) is 3. The molecule has 0 heterocycles. The van der Waals surface area contributed by atoms with Gasteiger partial charge in [0, 0.05) is 19.6 Å². The van der Waals surface area contributed by atoms with E-state index >= 15 is 0 Å². The molecular weight excluding hydrogens is 204 g/mol. The Morgan fingerprint density at radius 2 is 2.12 bits per heavy atom. The minimum absolute atomic E-state index is 0.0115. The summed E-state index contributed by atoms with van der Waals surface area (Å²) < 4.78 is 5.15. The van der Waals surface area contributed by atoms with Gasteiger partial charge >= 0.3 is 0 Å². The molecule has 0 saturated carbocycles. The van der Waals surface area contributed by atoms with Gasteiger partial charge < -0.3 is 15.4 Å². The summed E-state index contributed by atoms with van der Waals surface area (Å²) in [5, 5.41) is 0. The summed E-state index contributed by atoms with van der Waals surface area (Å²) in [4.78, 5) is 13.7. The van der Waals surface area contributed by atoms with Crippen molar-refractivity contribution in [1.82, 2.24) is 4.90 Å². The van der Waals surface area contributed by atoms with Crippen molar-refractivity contribution in [1.29, 1.82) is 0 Å². The number of rotatable bonds is 4. The number of hydrogen-bond donors (Lipinski definition) is 1. The molecule has 0 saturated heterocycles. The summed E-state index contributed by atoms with van der Waals surface area (Å²) in [6.45, 7) is 2.35. The number of carbonyl (C=O) groups is 1. The molecule has 0 aliphatic carbocycles. The summed E-state index contributed by atoms with van der Waals surface area (Å²) in [5.41, 5.74) is 6.10. The molecule has 1 rings (SSSR count). The van der Waals surface area contributed by atoms with Crippen LogP contribution in [0, 0.1) is 0 Å². The topological polar surface area (TPSA) is 55.6 Å². The normalized spacial score (nSPS) is 12.0. The van der Waals surface area contributed by atoms with E-state index in [1.807, 2.05) is 19.1 Å². The minimum atomic E-state index is -0.0737. The molecule has 0 fully saturated rings. The molecule has 0 spiro atoms. The summed E-state index contributed by atoms with van der Waals surface area (Å²) in [6, 6.07) is 7.19. The lowest BCUT2D eigenvalue weighted by atomic mass is 10.1. The van der Waals surface area contributed by atoms with Gasteiger partial charge in [-0.3, -0.25) is 4.79 Å². The fourth-order valence-corrected chi connectivity index (χ4v) is 1.37. The molecule has 1 amide bonds. The summed E-state index contributed by atoms with van der Waals surface area (Å²) in [7, 11) is 3.30. The van der Waals surface area contributed by atoms with Gasteiger partial charge in [-0.15, -0.1) is 0 Å². The average molecular weight is 222 g/mol. The van der Waals surface area contributed by atoms with Crippen LogP contribution in [0.15, 0.2) is 24.3 Å². The van der Waals surface area contributed by atoms with E-state index in [0.29, 0.717) is 17.9 Å². The third-order valence-corrected chi connectivity index (χ3v) is 2.66. The van der Waals surface area contributed by atoms with E-state index in [1.165, 1.54) is 0 Å². The van der Waals surface area contributed by atoms with Gasteiger partial charge in [0.25, 0.3) is 5.91 Å². The molecule has 1 aromatic rings. The standard InChI is InChI=1S/C12H18N2O2/c1-9(8-13)14(2)12(15)10-6-4-5-7-11(10)16-3/h4-7,9H,8,13H2,1-3H3. The van der Waals surface area contributed by atoms with Crippen LogP contribution >= 0.6 is 0 Å². The number of methoxy groups -OCH3 is 1. The smallest absolute Gasteiger partial charge is 0.257 e. The Hall–Kier alpha value is -1.55. The zero-order valence-electron chi connectivity index (χ0n) is 9.93. The van der Waals surface area contributed by atoms with Crippen molar-refractivity contribution in [2.24, 2.45) is 5.73 Å². The highest BCUT2D eigenvalue weighted by Gasteiger charge is 2.19. The number of amides is 1. The Bertz CT molecular complexity index is 366. The first-order chi connectivity index (χ1) is 7.61. The minimum Gasteiger partial charge on any atom is -0.496 e. The Balaban J connectivity index is 2.95. The van der Waals surface area contributed by atoms with Gasteiger partial charge in [0.1, 0.15) is 5.75 Å². The zero-order valence-corrected chi connectivity index (χ0v) is 9.93. The monoisotopic (exact) mass is 222 g/mol. The number of benzene rings is 1. The average Bonchev–Trinajstić information content (AvgIpc) is 2.35. The van der Waals surface area contributed by atoms with E-state index in [1.54, 1.807) is 31.2 Å². The van der Waals surface area contributed by atoms with Gasteiger partial charge in [-0.2, -0.15) is 0 Å². The number of carbonyl (C=O) groups excluding carboxylic acids is 1. The molecule has 1 atom stereocenters. The van der Waals surface area contributed by atoms with E-state index in [0.717, 1.165) is 0 Å². The molecule has 88 valence electrons. The van der Waals surface area contributed by atoms with E-state index < -0.39 is 0 Å².